The molecule has 112 valence electrons. The number of rotatable bonds is 7. The number of nitrogens with one attached hydrogen (secondary N) is 1. The number of nitrogens with zero attached hydrogens (tertiary/aromatic N) is 3. The van der Waals surface area contributed by atoms with Crippen LogP contribution in [0.2, 0.25) is 5.02 Å². The van der Waals surface area contributed by atoms with Crippen molar-refractivity contribution in [3.63, 3.8) is 0 Å². The van der Waals surface area contributed by atoms with Gasteiger partial charge in [0.1, 0.15) is 5.69 Å². The minimum atomic E-state index is 0.109. The molecule has 2 rings (SSSR count). The quantitative estimate of drug-likeness (QED) is 0.778. The lowest BCUT2D eigenvalue weighted by molar-refractivity contribution is 0.0963. The van der Waals surface area contributed by atoms with E-state index in [1.54, 1.807) is 10.9 Å². The van der Waals surface area contributed by atoms with E-state index in [4.69, 9.17) is 11.6 Å². The summed E-state index contributed by atoms with van der Waals surface area (Å²) in [6, 6.07) is 0. The van der Waals surface area contributed by atoms with Gasteiger partial charge in [-0.3, -0.25) is 9.48 Å². The van der Waals surface area contributed by atoms with Crippen LogP contribution in [0.5, 0.6) is 0 Å². The van der Waals surface area contributed by atoms with Gasteiger partial charge in [0.05, 0.1) is 17.8 Å². The van der Waals surface area contributed by atoms with E-state index in [1.165, 1.54) is 6.42 Å². The summed E-state index contributed by atoms with van der Waals surface area (Å²) in [5, 5.41) is 8.01. The number of ketones is 1. The molecule has 1 aliphatic heterocycles. The van der Waals surface area contributed by atoms with Crippen molar-refractivity contribution in [2.45, 2.75) is 25.8 Å². The number of likely N-dealkylation sites (N-methyl/N-ethyl adjacent to an activating group) is 1. The third-order valence-electron chi connectivity index (χ3n) is 3.76. The van der Waals surface area contributed by atoms with Crippen LogP contribution in [0.4, 0.5) is 0 Å². The Labute approximate surface area is 125 Å². The van der Waals surface area contributed by atoms with Gasteiger partial charge in [-0.05, 0) is 45.9 Å². The molecule has 1 fully saturated rings. The van der Waals surface area contributed by atoms with E-state index in [0.717, 1.165) is 26.1 Å². The molecule has 0 spiro atoms. The summed E-state index contributed by atoms with van der Waals surface area (Å²) >= 11 is 6.12. The topological polar surface area (TPSA) is 50.2 Å². The van der Waals surface area contributed by atoms with Crippen molar-refractivity contribution in [2.75, 3.05) is 33.7 Å². The summed E-state index contributed by atoms with van der Waals surface area (Å²) in [4.78, 5) is 14.4. The molecule has 2 heterocycles. The summed E-state index contributed by atoms with van der Waals surface area (Å²) in [5.74, 6) is 0.731. The van der Waals surface area contributed by atoms with Gasteiger partial charge in [0.2, 0.25) is 0 Å². The lowest BCUT2D eigenvalue weighted by Crippen LogP contribution is -2.21. The van der Waals surface area contributed by atoms with Gasteiger partial charge < -0.3 is 10.2 Å². The van der Waals surface area contributed by atoms with Crippen LogP contribution in [-0.4, -0.2) is 54.2 Å². The van der Waals surface area contributed by atoms with Crippen molar-refractivity contribution in [1.29, 1.82) is 0 Å². The van der Waals surface area contributed by atoms with Crippen LogP contribution in [0, 0.1) is 5.92 Å². The van der Waals surface area contributed by atoms with Gasteiger partial charge in [-0.25, -0.2) is 0 Å². The van der Waals surface area contributed by atoms with E-state index in [-0.39, 0.29) is 5.78 Å². The SMILES string of the molecule is CN(C)CCn1ncc(Cl)c1C(=O)CCC1CCNC1. The molecule has 20 heavy (non-hydrogen) atoms. The Kier molecular flexibility index (Phi) is 5.57. The highest BCUT2D eigenvalue weighted by Crippen LogP contribution is 2.21. The first-order valence-corrected chi connectivity index (χ1v) is 7.55. The van der Waals surface area contributed by atoms with Gasteiger partial charge in [0.25, 0.3) is 0 Å². The normalized spacial score (nSPS) is 18.9. The molecule has 1 saturated heterocycles. The van der Waals surface area contributed by atoms with E-state index in [9.17, 15) is 4.79 Å². The van der Waals surface area contributed by atoms with Crippen LogP contribution < -0.4 is 5.32 Å². The zero-order chi connectivity index (χ0) is 14.5. The fourth-order valence-corrected chi connectivity index (χ4v) is 2.76. The molecule has 1 N–H and O–H groups in total. The van der Waals surface area contributed by atoms with Crippen molar-refractivity contribution in [3.8, 4) is 0 Å². The molecular weight excluding hydrogens is 276 g/mol. The molecule has 1 unspecified atom stereocenters. The van der Waals surface area contributed by atoms with E-state index < -0.39 is 0 Å². The summed E-state index contributed by atoms with van der Waals surface area (Å²) in [5.41, 5.74) is 0.569. The average molecular weight is 299 g/mol. The van der Waals surface area contributed by atoms with Crippen LogP contribution in [0.15, 0.2) is 6.20 Å². The lowest BCUT2D eigenvalue weighted by Gasteiger charge is -2.12. The molecule has 0 bridgehead atoms. The minimum Gasteiger partial charge on any atom is -0.316 e. The fourth-order valence-electron chi connectivity index (χ4n) is 2.52. The zero-order valence-electron chi connectivity index (χ0n) is 12.2. The van der Waals surface area contributed by atoms with E-state index in [2.05, 4.69) is 15.3 Å². The molecule has 0 saturated carbocycles. The Morgan fingerprint density at radius 2 is 2.40 bits per heavy atom. The first-order chi connectivity index (χ1) is 9.58. The highest BCUT2D eigenvalue weighted by molar-refractivity contribution is 6.33. The number of carbonyl (C=O) groups excluding carboxylic acids is 1. The number of halogens is 1. The number of aromatic nitrogens is 2. The van der Waals surface area contributed by atoms with Gasteiger partial charge in [-0.2, -0.15) is 5.10 Å². The van der Waals surface area contributed by atoms with Crippen LogP contribution in [0.25, 0.3) is 0 Å². The Bertz CT molecular complexity index is 452. The molecule has 1 aromatic rings. The number of carbonyl (C=O) groups is 1. The highest BCUT2D eigenvalue weighted by atomic mass is 35.5. The Hall–Kier alpha value is -0.910. The second-order valence-corrected chi connectivity index (χ2v) is 6.10. The largest absolute Gasteiger partial charge is 0.316 e. The van der Waals surface area contributed by atoms with Gasteiger partial charge in [-0.15, -0.1) is 0 Å². The maximum absolute atomic E-state index is 12.4. The van der Waals surface area contributed by atoms with Crippen LogP contribution in [0.1, 0.15) is 29.8 Å². The van der Waals surface area contributed by atoms with Crippen molar-refractivity contribution < 1.29 is 4.79 Å². The Balaban J connectivity index is 1.95. The second-order valence-electron chi connectivity index (χ2n) is 5.69. The third-order valence-corrected chi connectivity index (χ3v) is 4.04. The number of Topliss-reactive ketones (excluding diaryl/α,β-unsaturated/α-hetero) is 1. The predicted molar refractivity (Wildman–Crippen MR) is 80.3 cm³/mol. The van der Waals surface area contributed by atoms with Crippen molar-refractivity contribution >= 4 is 17.4 Å². The molecular formula is C14H23ClN4O. The van der Waals surface area contributed by atoms with Gasteiger partial charge in [0.15, 0.2) is 5.78 Å². The zero-order valence-corrected chi connectivity index (χ0v) is 13.0. The average Bonchev–Trinajstić information content (AvgIpc) is 3.03. The smallest absolute Gasteiger partial charge is 0.182 e. The molecule has 1 atom stereocenters. The highest BCUT2D eigenvalue weighted by Gasteiger charge is 2.20. The molecule has 5 nitrogen and oxygen atoms in total. The standard InChI is InChI=1S/C14H23ClN4O/c1-18(2)7-8-19-14(12(15)10-17-19)13(20)4-3-11-5-6-16-9-11/h10-11,16H,3-9H2,1-2H3. The number of hydrogen-bond acceptors (Lipinski definition) is 4. The molecule has 1 aliphatic rings. The maximum Gasteiger partial charge on any atom is 0.182 e. The van der Waals surface area contributed by atoms with Gasteiger partial charge in [0, 0.05) is 13.0 Å². The Morgan fingerprint density at radius 3 is 3.05 bits per heavy atom. The van der Waals surface area contributed by atoms with E-state index in [0.29, 0.717) is 29.6 Å². The number of hydrogen-bond donors (Lipinski definition) is 1. The van der Waals surface area contributed by atoms with Gasteiger partial charge >= 0.3 is 0 Å². The first-order valence-electron chi connectivity index (χ1n) is 7.18. The summed E-state index contributed by atoms with van der Waals surface area (Å²) in [6.07, 6.45) is 4.23. The first kappa shape index (κ1) is 15.5. The molecule has 0 aromatic carbocycles. The van der Waals surface area contributed by atoms with Crippen LogP contribution >= 0.6 is 11.6 Å². The van der Waals surface area contributed by atoms with Crippen LogP contribution in [-0.2, 0) is 6.54 Å². The van der Waals surface area contributed by atoms with Crippen molar-refractivity contribution in [2.24, 2.45) is 5.92 Å². The second kappa shape index (κ2) is 7.20. The van der Waals surface area contributed by atoms with Crippen LogP contribution in [0.3, 0.4) is 0 Å². The lowest BCUT2D eigenvalue weighted by atomic mass is 10.00. The summed E-state index contributed by atoms with van der Waals surface area (Å²) < 4.78 is 1.73. The predicted octanol–water partition coefficient (Wildman–Crippen LogP) is 1.67. The molecule has 0 amide bonds. The van der Waals surface area contributed by atoms with E-state index >= 15 is 0 Å². The molecule has 0 radical (unpaired) electrons. The third kappa shape index (κ3) is 4.04. The fraction of sp³-hybridized carbons (Fsp3) is 0.714. The van der Waals surface area contributed by atoms with Gasteiger partial charge in [-0.1, -0.05) is 11.6 Å². The minimum absolute atomic E-state index is 0.109. The summed E-state index contributed by atoms with van der Waals surface area (Å²) in [7, 11) is 4.00. The maximum atomic E-state index is 12.4. The summed E-state index contributed by atoms with van der Waals surface area (Å²) in [6.45, 7) is 3.62. The van der Waals surface area contributed by atoms with Crippen molar-refractivity contribution in [1.82, 2.24) is 20.0 Å². The molecule has 1 aromatic heterocycles. The molecule has 6 heteroatoms. The van der Waals surface area contributed by atoms with E-state index in [1.807, 2.05) is 14.1 Å². The monoisotopic (exact) mass is 298 g/mol. The Morgan fingerprint density at radius 1 is 1.60 bits per heavy atom. The molecule has 0 aliphatic carbocycles. The van der Waals surface area contributed by atoms with Crippen molar-refractivity contribution in [3.05, 3.63) is 16.9 Å².